The summed E-state index contributed by atoms with van der Waals surface area (Å²) in [5.74, 6) is 0.777. The first kappa shape index (κ1) is 20.5. The smallest absolute Gasteiger partial charge is 0.319 e. The number of fused-ring (bicyclic) bond motifs is 1. The van der Waals surface area contributed by atoms with Crippen molar-refractivity contribution in [3.05, 3.63) is 66.1 Å². The predicted octanol–water partition coefficient (Wildman–Crippen LogP) is 4.38. The Hall–Kier alpha value is -3.81. The van der Waals surface area contributed by atoms with Crippen molar-refractivity contribution in [1.82, 2.24) is 25.3 Å². The Labute approximate surface area is 180 Å². The molecule has 8 nitrogen and oxygen atoms in total. The molecule has 2 aromatic heterocycles. The summed E-state index contributed by atoms with van der Waals surface area (Å²) in [7, 11) is 1.64. The van der Waals surface area contributed by atoms with Gasteiger partial charge in [-0.15, -0.1) is 0 Å². The highest BCUT2D eigenvalue weighted by Crippen LogP contribution is 2.25. The van der Waals surface area contributed by atoms with E-state index in [-0.39, 0.29) is 11.4 Å². The maximum Gasteiger partial charge on any atom is 0.319 e. The fourth-order valence-corrected chi connectivity index (χ4v) is 3.27. The third kappa shape index (κ3) is 4.37. The normalized spacial score (nSPS) is 11.5. The van der Waals surface area contributed by atoms with Gasteiger partial charge in [0.25, 0.3) is 0 Å². The van der Waals surface area contributed by atoms with Gasteiger partial charge in [-0.1, -0.05) is 26.8 Å². The molecule has 0 saturated carbocycles. The van der Waals surface area contributed by atoms with Gasteiger partial charge in [-0.05, 0) is 42.5 Å². The van der Waals surface area contributed by atoms with Crippen LogP contribution in [0.4, 0.5) is 10.5 Å². The van der Waals surface area contributed by atoms with Crippen LogP contribution in [0.1, 0.15) is 32.2 Å². The molecule has 0 fully saturated rings. The molecule has 4 aromatic rings. The molecule has 2 heterocycles. The third-order valence-electron chi connectivity index (χ3n) is 5.03. The van der Waals surface area contributed by atoms with Gasteiger partial charge in [-0.2, -0.15) is 10.2 Å². The Balaban J connectivity index is 1.54. The number of H-pyrrole nitrogens is 1. The monoisotopic (exact) mass is 418 g/mol. The Bertz CT molecular complexity index is 1200. The molecule has 0 saturated heterocycles. The van der Waals surface area contributed by atoms with Gasteiger partial charge >= 0.3 is 6.03 Å². The van der Waals surface area contributed by atoms with Crippen molar-refractivity contribution in [3.63, 3.8) is 0 Å². The van der Waals surface area contributed by atoms with Gasteiger partial charge in [0.1, 0.15) is 5.75 Å². The van der Waals surface area contributed by atoms with Crippen molar-refractivity contribution >= 4 is 22.6 Å². The minimum absolute atomic E-state index is 0.119. The highest BCUT2D eigenvalue weighted by Gasteiger charge is 2.21. The number of benzene rings is 2. The summed E-state index contributed by atoms with van der Waals surface area (Å²) in [4.78, 5) is 12.6. The van der Waals surface area contributed by atoms with Crippen LogP contribution in [0.2, 0.25) is 0 Å². The van der Waals surface area contributed by atoms with Crippen LogP contribution in [0.3, 0.4) is 0 Å². The fraction of sp³-hybridized carbons (Fsp3) is 0.261. The van der Waals surface area contributed by atoms with Crippen molar-refractivity contribution in [2.24, 2.45) is 0 Å². The summed E-state index contributed by atoms with van der Waals surface area (Å²) in [6.07, 6.45) is 1.69. The average molecular weight is 419 g/mol. The SMILES string of the molecule is COc1ccc(-n2nc(C(C)(C)C)cc2CNC(=O)Nc2cccc3[nH]ncc23)cc1. The zero-order chi connectivity index (χ0) is 22.0. The van der Waals surface area contributed by atoms with Crippen LogP contribution in [-0.2, 0) is 12.0 Å². The van der Waals surface area contributed by atoms with E-state index in [2.05, 4.69) is 41.6 Å². The lowest BCUT2D eigenvalue weighted by Crippen LogP contribution is -2.29. The number of aromatic amines is 1. The number of urea groups is 1. The summed E-state index contributed by atoms with van der Waals surface area (Å²) in [5.41, 5.74) is 4.17. The van der Waals surface area contributed by atoms with Crippen LogP contribution in [0, 0.1) is 0 Å². The molecule has 0 atom stereocenters. The van der Waals surface area contributed by atoms with E-state index in [4.69, 9.17) is 9.84 Å². The summed E-state index contributed by atoms with van der Waals surface area (Å²) >= 11 is 0. The molecule has 0 aliphatic carbocycles. The molecule has 0 bridgehead atoms. The van der Waals surface area contributed by atoms with E-state index >= 15 is 0 Å². The number of carbonyl (C=O) groups is 1. The summed E-state index contributed by atoms with van der Waals surface area (Å²) in [6, 6.07) is 15.0. The second-order valence-electron chi connectivity index (χ2n) is 8.33. The Kier molecular flexibility index (Phi) is 5.37. The van der Waals surface area contributed by atoms with Crippen molar-refractivity contribution in [2.75, 3.05) is 12.4 Å². The van der Waals surface area contributed by atoms with Crippen LogP contribution in [0.5, 0.6) is 5.75 Å². The number of hydrogen-bond acceptors (Lipinski definition) is 4. The Morgan fingerprint density at radius 2 is 1.94 bits per heavy atom. The topological polar surface area (TPSA) is 96.9 Å². The number of anilines is 1. The number of nitrogens with one attached hydrogen (secondary N) is 3. The lowest BCUT2D eigenvalue weighted by atomic mass is 9.92. The van der Waals surface area contributed by atoms with E-state index in [0.717, 1.165) is 33.7 Å². The Morgan fingerprint density at radius 1 is 1.16 bits per heavy atom. The highest BCUT2D eigenvalue weighted by molar-refractivity contribution is 6.00. The zero-order valence-electron chi connectivity index (χ0n) is 18.1. The second kappa shape index (κ2) is 8.14. The molecule has 31 heavy (non-hydrogen) atoms. The maximum absolute atomic E-state index is 12.6. The van der Waals surface area contributed by atoms with Gasteiger partial charge in [0.2, 0.25) is 0 Å². The van der Waals surface area contributed by atoms with Crippen LogP contribution in [0.25, 0.3) is 16.6 Å². The summed E-state index contributed by atoms with van der Waals surface area (Å²) in [6.45, 7) is 6.66. The van der Waals surface area contributed by atoms with Gasteiger partial charge in [-0.25, -0.2) is 9.48 Å². The van der Waals surface area contributed by atoms with Crippen LogP contribution < -0.4 is 15.4 Å². The van der Waals surface area contributed by atoms with E-state index in [1.807, 2.05) is 53.2 Å². The molecule has 0 aliphatic rings. The van der Waals surface area contributed by atoms with E-state index in [0.29, 0.717) is 12.2 Å². The van der Waals surface area contributed by atoms with Crippen molar-refractivity contribution in [3.8, 4) is 11.4 Å². The maximum atomic E-state index is 12.6. The van der Waals surface area contributed by atoms with Crippen molar-refractivity contribution < 1.29 is 9.53 Å². The highest BCUT2D eigenvalue weighted by atomic mass is 16.5. The first-order valence-corrected chi connectivity index (χ1v) is 10.1. The minimum Gasteiger partial charge on any atom is -0.497 e. The molecule has 2 aromatic carbocycles. The number of carbonyl (C=O) groups excluding carboxylic acids is 1. The molecule has 160 valence electrons. The second-order valence-corrected chi connectivity index (χ2v) is 8.33. The number of rotatable bonds is 5. The quantitative estimate of drug-likeness (QED) is 0.448. The van der Waals surface area contributed by atoms with Crippen LogP contribution in [0.15, 0.2) is 54.7 Å². The Morgan fingerprint density at radius 3 is 2.65 bits per heavy atom. The number of hydrogen-bond donors (Lipinski definition) is 3. The lowest BCUT2D eigenvalue weighted by Gasteiger charge is -2.14. The predicted molar refractivity (Wildman–Crippen MR) is 121 cm³/mol. The summed E-state index contributed by atoms with van der Waals surface area (Å²) < 4.78 is 7.11. The number of amides is 2. The van der Waals surface area contributed by atoms with Gasteiger partial charge in [0.15, 0.2) is 0 Å². The third-order valence-corrected chi connectivity index (χ3v) is 5.03. The molecule has 0 radical (unpaired) electrons. The number of ether oxygens (including phenoxy) is 1. The van der Waals surface area contributed by atoms with E-state index in [1.165, 1.54) is 0 Å². The van der Waals surface area contributed by atoms with Crippen molar-refractivity contribution in [1.29, 1.82) is 0 Å². The van der Waals surface area contributed by atoms with Crippen LogP contribution in [-0.4, -0.2) is 33.1 Å². The molecule has 3 N–H and O–H groups in total. The minimum atomic E-state index is -0.298. The number of methoxy groups -OCH3 is 1. The van der Waals surface area contributed by atoms with E-state index < -0.39 is 0 Å². The molecule has 4 rings (SSSR count). The molecular formula is C23H26N6O2. The van der Waals surface area contributed by atoms with Gasteiger partial charge in [-0.3, -0.25) is 5.10 Å². The van der Waals surface area contributed by atoms with E-state index in [1.54, 1.807) is 13.3 Å². The first-order chi connectivity index (χ1) is 14.8. The zero-order valence-corrected chi connectivity index (χ0v) is 18.1. The number of nitrogens with zero attached hydrogens (tertiary/aromatic N) is 3. The molecule has 0 spiro atoms. The molecule has 0 unspecified atom stereocenters. The van der Waals surface area contributed by atoms with Crippen LogP contribution >= 0.6 is 0 Å². The molecule has 0 aliphatic heterocycles. The van der Waals surface area contributed by atoms with Gasteiger partial charge in [0.05, 0.1) is 48.1 Å². The fourth-order valence-electron chi connectivity index (χ4n) is 3.27. The van der Waals surface area contributed by atoms with E-state index in [9.17, 15) is 4.79 Å². The van der Waals surface area contributed by atoms with Gasteiger partial charge in [0, 0.05) is 10.8 Å². The largest absolute Gasteiger partial charge is 0.497 e. The average Bonchev–Trinajstić information content (AvgIpc) is 3.40. The number of aromatic nitrogens is 4. The standard InChI is InChI=1S/C23H26N6O2/c1-23(2,3)21-12-16(29(28-21)15-8-10-17(31-4)11-9-15)13-24-22(30)26-19-6-5-7-20-18(19)14-25-27-20/h5-12,14H,13H2,1-4H3,(H,25,27)(H2,24,26,30). The van der Waals surface area contributed by atoms with Gasteiger partial charge < -0.3 is 15.4 Å². The molecular weight excluding hydrogens is 392 g/mol. The molecule has 8 heteroatoms. The first-order valence-electron chi connectivity index (χ1n) is 10.1. The summed E-state index contributed by atoms with van der Waals surface area (Å²) in [5, 5.41) is 18.4. The lowest BCUT2D eigenvalue weighted by molar-refractivity contribution is 0.251. The molecule has 2 amide bonds. The van der Waals surface area contributed by atoms with Crippen molar-refractivity contribution in [2.45, 2.75) is 32.7 Å².